The van der Waals surface area contributed by atoms with E-state index >= 15 is 0 Å². The van der Waals surface area contributed by atoms with E-state index in [1.165, 1.54) is 0 Å². The normalized spacial score (nSPS) is 9.55. The summed E-state index contributed by atoms with van der Waals surface area (Å²) in [6.45, 7) is -0.131. The first-order valence-electron chi connectivity index (χ1n) is 3.23. The molecule has 0 aliphatic rings. The first-order chi connectivity index (χ1) is 5.29. The molecule has 0 saturated heterocycles. The maximum atomic E-state index is 10.3. The molecule has 58 valence electrons. The number of benzene rings is 1. The molecule has 0 aromatic heterocycles. The van der Waals surface area contributed by atoms with Crippen LogP contribution >= 0.6 is 0 Å². The van der Waals surface area contributed by atoms with E-state index in [0.717, 1.165) is 0 Å². The first-order valence-corrected chi connectivity index (χ1v) is 3.23. The number of carbonyl (C=O) groups is 1. The van der Waals surface area contributed by atoms with Crippen molar-refractivity contribution in [2.75, 3.05) is 5.73 Å². The predicted molar refractivity (Wildman–Crippen MR) is 42.2 cm³/mol. The molecule has 3 N–H and O–H groups in total. The fourth-order valence-electron chi connectivity index (χ4n) is 0.874. The van der Waals surface area contributed by atoms with E-state index in [1.807, 2.05) is 0 Å². The van der Waals surface area contributed by atoms with Gasteiger partial charge in [-0.3, -0.25) is 4.79 Å². The third kappa shape index (κ3) is 1.38. The Kier molecular flexibility index (Phi) is 2.23. The van der Waals surface area contributed by atoms with Crippen LogP contribution in [-0.4, -0.2) is 11.4 Å². The minimum atomic E-state index is -0.131. The quantitative estimate of drug-likeness (QED) is 0.480. The highest BCUT2D eigenvalue weighted by molar-refractivity contribution is 5.84. The zero-order chi connectivity index (χ0) is 8.27. The minimum absolute atomic E-state index is 0.131. The van der Waals surface area contributed by atoms with E-state index in [1.54, 1.807) is 18.2 Å². The molecule has 1 aromatic carbocycles. The van der Waals surface area contributed by atoms with Gasteiger partial charge in [0.15, 0.2) is 6.29 Å². The maximum Gasteiger partial charge on any atom is 0.152 e. The smallest absolute Gasteiger partial charge is 0.152 e. The maximum absolute atomic E-state index is 10.3. The van der Waals surface area contributed by atoms with Gasteiger partial charge in [0.25, 0.3) is 0 Å². The van der Waals surface area contributed by atoms with E-state index in [0.29, 0.717) is 23.1 Å². The molecule has 1 aromatic rings. The number of anilines is 1. The number of aliphatic hydroxyl groups is 1. The molecule has 0 fully saturated rings. The number of aldehydes is 1. The zero-order valence-electron chi connectivity index (χ0n) is 5.95. The minimum Gasteiger partial charge on any atom is -0.398 e. The lowest BCUT2D eigenvalue weighted by atomic mass is 10.1. The highest BCUT2D eigenvalue weighted by Crippen LogP contribution is 2.14. The highest BCUT2D eigenvalue weighted by atomic mass is 16.3. The van der Waals surface area contributed by atoms with Crippen molar-refractivity contribution in [1.29, 1.82) is 0 Å². The summed E-state index contributed by atoms with van der Waals surface area (Å²) in [6, 6.07) is 4.98. The largest absolute Gasteiger partial charge is 0.398 e. The second-order valence-corrected chi connectivity index (χ2v) is 2.20. The molecular weight excluding hydrogens is 142 g/mol. The predicted octanol–water partition coefficient (Wildman–Crippen LogP) is 0.574. The van der Waals surface area contributed by atoms with E-state index in [-0.39, 0.29) is 6.61 Å². The van der Waals surface area contributed by atoms with Crippen LogP contribution in [0.25, 0.3) is 0 Å². The Labute approximate surface area is 64.5 Å². The molecule has 0 saturated carbocycles. The summed E-state index contributed by atoms with van der Waals surface area (Å²) < 4.78 is 0. The Morgan fingerprint density at radius 1 is 1.55 bits per heavy atom. The molecular formula is C8H9NO2. The SMILES string of the molecule is Nc1c(C=O)cccc1CO. The summed E-state index contributed by atoms with van der Waals surface area (Å²) in [4.78, 5) is 10.3. The van der Waals surface area contributed by atoms with Crippen LogP contribution in [0.1, 0.15) is 15.9 Å². The average molecular weight is 151 g/mol. The molecule has 0 bridgehead atoms. The van der Waals surface area contributed by atoms with Crippen LogP contribution < -0.4 is 5.73 Å². The Bertz CT molecular complexity index is 271. The Morgan fingerprint density at radius 3 is 2.82 bits per heavy atom. The summed E-state index contributed by atoms with van der Waals surface area (Å²) in [5.74, 6) is 0. The number of hydrogen-bond acceptors (Lipinski definition) is 3. The topological polar surface area (TPSA) is 63.3 Å². The monoisotopic (exact) mass is 151 g/mol. The molecule has 1 rings (SSSR count). The van der Waals surface area contributed by atoms with Crippen molar-refractivity contribution >= 4 is 12.0 Å². The lowest BCUT2D eigenvalue weighted by Crippen LogP contribution is -1.98. The number of rotatable bonds is 2. The highest BCUT2D eigenvalue weighted by Gasteiger charge is 2.01. The molecule has 0 aliphatic carbocycles. The molecule has 0 amide bonds. The lowest BCUT2D eigenvalue weighted by Gasteiger charge is -2.02. The van der Waals surface area contributed by atoms with Gasteiger partial charge in [-0.2, -0.15) is 0 Å². The van der Waals surface area contributed by atoms with Crippen molar-refractivity contribution in [1.82, 2.24) is 0 Å². The van der Waals surface area contributed by atoms with Gasteiger partial charge in [0.2, 0.25) is 0 Å². The molecule has 0 unspecified atom stereocenters. The van der Waals surface area contributed by atoms with Crippen molar-refractivity contribution in [2.45, 2.75) is 6.61 Å². The lowest BCUT2D eigenvalue weighted by molar-refractivity contribution is 0.112. The second kappa shape index (κ2) is 3.16. The van der Waals surface area contributed by atoms with Crippen LogP contribution in [0, 0.1) is 0 Å². The molecule has 0 radical (unpaired) electrons. The van der Waals surface area contributed by atoms with Gasteiger partial charge in [0.05, 0.1) is 6.61 Å². The summed E-state index contributed by atoms with van der Waals surface area (Å²) in [5, 5.41) is 8.74. The van der Waals surface area contributed by atoms with E-state index in [4.69, 9.17) is 10.8 Å². The first kappa shape index (κ1) is 7.75. The van der Waals surface area contributed by atoms with Crippen molar-refractivity contribution < 1.29 is 9.90 Å². The molecule has 3 nitrogen and oxygen atoms in total. The second-order valence-electron chi connectivity index (χ2n) is 2.20. The summed E-state index contributed by atoms with van der Waals surface area (Å²) in [7, 11) is 0. The van der Waals surface area contributed by atoms with Crippen molar-refractivity contribution in [3.8, 4) is 0 Å². The van der Waals surface area contributed by atoms with Gasteiger partial charge in [-0.05, 0) is 6.07 Å². The number of nitrogen functional groups attached to an aromatic ring is 1. The Hall–Kier alpha value is -1.35. The van der Waals surface area contributed by atoms with Crippen LogP contribution in [0.3, 0.4) is 0 Å². The fraction of sp³-hybridized carbons (Fsp3) is 0.125. The molecule has 0 heterocycles. The number of para-hydroxylation sites is 1. The zero-order valence-corrected chi connectivity index (χ0v) is 5.95. The van der Waals surface area contributed by atoms with Gasteiger partial charge in [-0.15, -0.1) is 0 Å². The number of nitrogens with two attached hydrogens (primary N) is 1. The van der Waals surface area contributed by atoms with Crippen LogP contribution in [0.4, 0.5) is 5.69 Å². The van der Waals surface area contributed by atoms with Gasteiger partial charge in [0, 0.05) is 16.8 Å². The summed E-state index contributed by atoms with van der Waals surface area (Å²) in [5.41, 5.74) is 6.90. The summed E-state index contributed by atoms with van der Waals surface area (Å²) in [6.07, 6.45) is 0.675. The molecule has 0 atom stereocenters. The van der Waals surface area contributed by atoms with Gasteiger partial charge in [-0.1, -0.05) is 12.1 Å². The van der Waals surface area contributed by atoms with Crippen LogP contribution in [0.2, 0.25) is 0 Å². The Morgan fingerprint density at radius 2 is 2.27 bits per heavy atom. The standard InChI is InChI=1S/C8H9NO2/c9-8-6(4-10)2-1-3-7(8)5-11/h1-4,11H,5,9H2. The van der Waals surface area contributed by atoms with Crippen LogP contribution in [-0.2, 0) is 6.61 Å². The van der Waals surface area contributed by atoms with E-state index in [9.17, 15) is 4.79 Å². The number of hydrogen-bond donors (Lipinski definition) is 2. The Balaban J connectivity index is 3.20. The molecule has 0 spiro atoms. The number of carbonyl (C=O) groups excluding carboxylic acids is 1. The van der Waals surface area contributed by atoms with Crippen LogP contribution in [0.15, 0.2) is 18.2 Å². The van der Waals surface area contributed by atoms with E-state index in [2.05, 4.69) is 0 Å². The van der Waals surface area contributed by atoms with Crippen molar-refractivity contribution in [3.63, 3.8) is 0 Å². The summed E-state index contributed by atoms with van der Waals surface area (Å²) >= 11 is 0. The van der Waals surface area contributed by atoms with E-state index < -0.39 is 0 Å². The molecule has 0 aliphatic heterocycles. The third-order valence-electron chi connectivity index (χ3n) is 1.53. The molecule has 11 heavy (non-hydrogen) atoms. The van der Waals surface area contributed by atoms with Crippen molar-refractivity contribution in [3.05, 3.63) is 29.3 Å². The third-order valence-corrected chi connectivity index (χ3v) is 1.53. The molecule has 3 heteroatoms. The van der Waals surface area contributed by atoms with Gasteiger partial charge in [0.1, 0.15) is 0 Å². The van der Waals surface area contributed by atoms with Crippen LogP contribution in [0.5, 0.6) is 0 Å². The van der Waals surface area contributed by atoms with Crippen molar-refractivity contribution in [2.24, 2.45) is 0 Å². The fourth-order valence-corrected chi connectivity index (χ4v) is 0.874. The number of aliphatic hydroxyl groups excluding tert-OH is 1. The average Bonchev–Trinajstić information content (AvgIpc) is 2.05. The van der Waals surface area contributed by atoms with Gasteiger partial charge >= 0.3 is 0 Å². The van der Waals surface area contributed by atoms with Gasteiger partial charge < -0.3 is 10.8 Å². The van der Waals surface area contributed by atoms with Gasteiger partial charge in [-0.25, -0.2) is 0 Å².